The van der Waals surface area contributed by atoms with Gasteiger partial charge in [0.1, 0.15) is 5.15 Å². The highest BCUT2D eigenvalue weighted by Gasteiger charge is 2.09. The van der Waals surface area contributed by atoms with Gasteiger partial charge >= 0.3 is 0 Å². The number of aryl methyl sites for hydroxylation is 1. The highest BCUT2D eigenvalue weighted by atomic mass is 35.5. The topological polar surface area (TPSA) is 35.0 Å². The summed E-state index contributed by atoms with van der Waals surface area (Å²) in [4.78, 5) is 9.70. The van der Waals surface area contributed by atoms with E-state index in [-0.39, 0.29) is 0 Å². The molecule has 3 nitrogen and oxygen atoms in total. The fraction of sp³-hybridized carbons (Fsp3) is 0.273. The Hall–Kier alpha value is -0.970. The van der Waals surface area contributed by atoms with Gasteiger partial charge in [-0.1, -0.05) is 11.6 Å². The van der Waals surface area contributed by atoms with Crippen molar-refractivity contribution in [3.63, 3.8) is 0 Å². The molecule has 0 aromatic carbocycles. The first-order chi connectivity index (χ1) is 7.70. The molecule has 2 aromatic rings. The maximum atomic E-state index is 5.95. The summed E-state index contributed by atoms with van der Waals surface area (Å²) in [6.45, 7) is 2.48. The Labute approximate surface area is 103 Å². The molecule has 0 radical (unpaired) electrons. The highest BCUT2D eigenvalue weighted by Crippen LogP contribution is 2.27. The van der Waals surface area contributed by atoms with Gasteiger partial charge in [-0.15, -0.1) is 11.3 Å². The van der Waals surface area contributed by atoms with Gasteiger partial charge in [0.25, 0.3) is 0 Å². The lowest BCUT2D eigenvalue weighted by molar-refractivity contribution is 0.181. The molecule has 0 aliphatic heterocycles. The molecule has 16 heavy (non-hydrogen) atoms. The van der Waals surface area contributed by atoms with E-state index in [1.165, 1.54) is 0 Å². The van der Waals surface area contributed by atoms with E-state index in [1.807, 2.05) is 18.4 Å². The zero-order chi connectivity index (χ0) is 11.5. The van der Waals surface area contributed by atoms with Crippen LogP contribution in [0.2, 0.25) is 5.15 Å². The van der Waals surface area contributed by atoms with E-state index >= 15 is 0 Å². The number of rotatable bonds is 3. The van der Waals surface area contributed by atoms with Crippen LogP contribution in [0.5, 0.6) is 0 Å². The van der Waals surface area contributed by atoms with Crippen LogP contribution < -0.4 is 0 Å². The average Bonchev–Trinajstić information content (AvgIpc) is 2.64. The molecule has 0 saturated heterocycles. The lowest BCUT2D eigenvalue weighted by atomic mass is 10.3. The van der Waals surface area contributed by atoms with Gasteiger partial charge in [0, 0.05) is 7.11 Å². The molecule has 0 N–H and O–H groups in total. The molecule has 0 aliphatic carbocycles. The molecule has 2 rings (SSSR count). The maximum Gasteiger partial charge on any atom is 0.171 e. The monoisotopic (exact) mass is 254 g/mol. The molecule has 2 aromatic heterocycles. The lowest BCUT2D eigenvalue weighted by Crippen LogP contribution is -1.97. The molecule has 2 heterocycles. The molecule has 0 amide bonds. The number of thiophene rings is 1. The fourth-order valence-electron chi connectivity index (χ4n) is 1.39. The summed E-state index contributed by atoms with van der Waals surface area (Å²) in [5, 5.41) is 2.47. The second kappa shape index (κ2) is 4.91. The van der Waals surface area contributed by atoms with Crippen LogP contribution in [-0.4, -0.2) is 17.1 Å². The van der Waals surface area contributed by atoms with Crippen LogP contribution in [0.1, 0.15) is 11.3 Å². The van der Waals surface area contributed by atoms with Gasteiger partial charge < -0.3 is 4.74 Å². The van der Waals surface area contributed by atoms with E-state index < -0.39 is 0 Å². The van der Waals surface area contributed by atoms with Crippen molar-refractivity contribution in [1.29, 1.82) is 0 Å². The summed E-state index contributed by atoms with van der Waals surface area (Å²) >= 11 is 7.57. The molecule has 0 unspecified atom stereocenters. The van der Waals surface area contributed by atoms with Gasteiger partial charge in [-0.3, -0.25) is 0 Å². The molecule has 5 heteroatoms. The Balaban J connectivity index is 2.45. The maximum absolute atomic E-state index is 5.95. The first-order valence-electron chi connectivity index (χ1n) is 4.77. The first kappa shape index (κ1) is 11.5. The molecule has 0 fully saturated rings. The van der Waals surface area contributed by atoms with E-state index in [1.54, 1.807) is 24.5 Å². The van der Waals surface area contributed by atoms with Crippen molar-refractivity contribution in [3.05, 3.63) is 33.9 Å². The summed E-state index contributed by atoms with van der Waals surface area (Å²) in [6.07, 6.45) is 0. The predicted molar refractivity (Wildman–Crippen MR) is 65.8 cm³/mol. The molecule has 0 atom stereocenters. The Morgan fingerprint density at radius 3 is 2.88 bits per heavy atom. The molecular formula is C11H11ClN2OS. The number of halogens is 1. The standard InChI is InChI=1S/C11H11ClN2OS/c1-7-3-4-16-10(7)11-13-8(6-15-2)5-9(12)14-11/h3-5H,6H2,1-2H3. The van der Waals surface area contributed by atoms with Gasteiger partial charge in [0.2, 0.25) is 0 Å². The van der Waals surface area contributed by atoms with E-state index in [4.69, 9.17) is 16.3 Å². The predicted octanol–water partition coefficient (Wildman–Crippen LogP) is 3.31. The zero-order valence-electron chi connectivity index (χ0n) is 9.03. The summed E-state index contributed by atoms with van der Waals surface area (Å²) in [5.74, 6) is 0.673. The third-order valence-electron chi connectivity index (χ3n) is 2.11. The van der Waals surface area contributed by atoms with Gasteiger partial charge in [0.15, 0.2) is 5.82 Å². The number of nitrogens with zero attached hydrogens (tertiary/aromatic N) is 2. The molecule has 0 saturated carbocycles. The van der Waals surface area contributed by atoms with E-state index in [9.17, 15) is 0 Å². The van der Waals surface area contributed by atoms with Crippen LogP contribution in [0.3, 0.4) is 0 Å². The molecule has 0 aliphatic rings. The summed E-state index contributed by atoms with van der Waals surface area (Å²) in [7, 11) is 1.63. The van der Waals surface area contributed by atoms with Crippen LogP contribution in [0, 0.1) is 6.92 Å². The average molecular weight is 255 g/mol. The van der Waals surface area contributed by atoms with Gasteiger partial charge in [-0.05, 0) is 30.0 Å². The SMILES string of the molecule is COCc1cc(Cl)nc(-c2sccc2C)n1. The third kappa shape index (κ3) is 2.40. The Kier molecular flexibility index (Phi) is 3.53. The lowest BCUT2D eigenvalue weighted by Gasteiger charge is -2.03. The second-order valence-electron chi connectivity index (χ2n) is 3.37. The van der Waals surface area contributed by atoms with Crippen LogP contribution >= 0.6 is 22.9 Å². The molecular weight excluding hydrogens is 244 g/mol. The Morgan fingerprint density at radius 2 is 2.25 bits per heavy atom. The minimum atomic E-state index is 0.444. The quantitative estimate of drug-likeness (QED) is 0.789. The fourth-order valence-corrected chi connectivity index (χ4v) is 2.45. The summed E-state index contributed by atoms with van der Waals surface area (Å²) in [6, 6.07) is 3.76. The minimum Gasteiger partial charge on any atom is -0.378 e. The van der Waals surface area contributed by atoms with E-state index in [0.29, 0.717) is 17.6 Å². The number of hydrogen-bond donors (Lipinski definition) is 0. The zero-order valence-corrected chi connectivity index (χ0v) is 10.6. The van der Waals surface area contributed by atoms with Gasteiger partial charge in [-0.2, -0.15) is 0 Å². The highest BCUT2D eigenvalue weighted by molar-refractivity contribution is 7.13. The van der Waals surface area contributed by atoms with Crippen molar-refractivity contribution in [2.24, 2.45) is 0 Å². The van der Waals surface area contributed by atoms with Gasteiger partial charge in [0.05, 0.1) is 17.2 Å². The molecule has 0 spiro atoms. The van der Waals surface area contributed by atoms with E-state index in [2.05, 4.69) is 9.97 Å². The smallest absolute Gasteiger partial charge is 0.171 e. The largest absolute Gasteiger partial charge is 0.378 e. The van der Waals surface area contributed by atoms with Gasteiger partial charge in [-0.25, -0.2) is 9.97 Å². The number of ether oxygens (including phenoxy) is 1. The first-order valence-corrected chi connectivity index (χ1v) is 6.03. The van der Waals surface area contributed by atoms with Crippen molar-refractivity contribution in [1.82, 2.24) is 9.97 Å². The number of aromatic nitrogens is 2. The molecule has 84 valence electrons. The minimum absolute atomic E-state index is 0.444. The number of hydrogen-bond acceptors (Lipinski definition) is 4. The van der Waals surface area contributed by atoms with E-state index in [0.717, 1.165) is 16.1 Å². The van der Waals surface area contributed by atoms with Crippen LogP contribution in [-0.2, 0) is 11.3 Å². The third-order valence-corrected chi connectivity index (χ3v) is 3.31. The Morgan fingerprint density at radius 1 is 1.44 bits per heavy atom. The van der Waals surface area contributed by atoms with Crippen molar-refractivity contribution in [2.45, 2.75) is 13.5 Å². The second-order valence-corrected chi connectivity index (χ2v) is 4.67. The van der Waals surface area contributed by atoms with Crippen molar-refractivity contribution >= 4 is 22.9 Å². The molecule has 0 bridgehead atoms. The van der Waals surface area contributed by atoms with Crippen molar-refractivity contribution in [2.75, 3.05) is 7.11 Å². The Bertz CT molecular complexity index is 498. The summed E-state index contributed by atoms with van der Waals surface area (Å²) in [5.41, 5.74) is 1.96. The summed E-state index contributed by atoms with van der Waals surface area (Å²) < 4.78 is 5.04. The van der Waals surface area contributed by atoms with Crippen molar-refractivity contribution in [3.8, 4) is 10.7 Å². The van der Waals surface area contributed by atoms with Crippen LogP contribution in [0.4, 0.5) is 0 Å². The van der Waals surface area contributed by atoms with Crippen LogP contribution in [0.15, 0.2) is 17.5 Å². The van der Waals surface area contributed by atoms with Crippen molar-refractivity contribution < 1.29 is 4.74 Å². The van der Waals surface area contributed by atoms with Crippen LogP contribution in [0.25, 0.3) is 10.7 Å². The number of methoxy groups -OCH3 is 1. The normalized spacial score (nSPS) is 10.7.